The number of esters is 1. The van der Waals surface area contributed by atoms with Crippen LogP contribution < -0.4 is 10.6 Å². The molecule has 0 spiro atoms. The SMILES string of the molecule is CC(C)[C@H](NC(=O)c1ccc(Cl)c([N+](=O)[O-])c1)C(=O)OCC(=O)NC(C)(C)C. The molecular weight excluding hydrogens is 390 g/mol. The monoisotopic (exact) mass is 413 g/mol. The van der Waals surface area contributed by atoms with Crippen molar-refractivity contribution >= 4 is 35.1 Å². The minimum Gasteiger partial charge on any atom is -0.454 e. The van der Waals surface area contributed by atoms with Crippen LogP contribution in [-0.2, 0) is 14.3 Å². The van der Waals surface area contributed by atoms with Crippen LogP contribution in [0.15, 0.2) is 18.2 Å². The molecule has 10 heteroatoms. The van der Waals surface area contributed by atoms with Crippen LogP contribution in [0.2, 0.25) is 5.02 Å². The number of halogens is 1. The summed E-state index contributed by atoms with van der Waals surface area (Å²) in [5.74, 6) is -2.29. The highest BCUT2D eigenvalue weighted by Crippen LogP contribution is 2.25. The molecule has 28 heavy (non-hydrogen) atoms. The average molecular weight is 414 g/mol. The van der Waals surface area contributed by atoms with E-state index >= 15 is 0 Å². The Bertz CT molecular complexity index is 773. The Hall–Kier alpha value is -2.68. The number of ether oxygens (including phenoxy) is 1. The summed E-state index contributed by atoms with van der Waals surface area (Å²) in [7, 11) is 0. The molecule has 0 heterocycles. The highest BCUT2D eigenvalue weighted by atomic mass is 35.5. The molecule has 0 aliphatic rings. The van der Waals surface area contributed by atoms with Crippen molar-refractivity contribution in [1.29, 1.82) is 0 Å². The lowest BCUT2D eigenvalue weighted by atomic mass is 10.0. The maximum absolute atomic E-state index is 12.4. The minimum atomic E-state index is -1.04. The molecule has 0 bridgehead atoms. The smallest absolute Gasteiger partial charge is 0.329 e. The maximum atomic E-state index is 12.4. The molecule has 154 valence electrons. The van der Waals surface area contributed by atoms with Gasteiger partial charge in [0.05, 0.1) is 4.92 Å². The number of carbonyl (C=O) groups is 3. The van der Waals surface area contributed by atoms with Crippen LogP contribution in [0.3, 0.4) is 0 Å². The zero-order valence-electron chi connectivity index (χ0n) is 16.4. The van der Waals surface area contributed by atoms with Gasteiger partial charge in [0.1, 0.15) is 11.1 Å². The van der Waals surface area contributed by atoms with Gasteiger partial charge in [-0.15, -0.1) is 0 Å². The number of rotatable bonds is 7. The Morgan fingerprint density at radius 3 is 2.36 bits per heavy atom. The van der Waals surface area contributed by atoms with E-state index in [9.17, 15) is 24.5 Å². The van der Waals surface area contributed by atoms with Gasteiger partial charge in [0.15, 0.2) is 6.61 Å². The lowest BCUT2D eigenvalue weighted by Crippen LogP contribution is -2.47. The van der Waals surface area contributed by atoms with Crippen LogP contribution in [0.25, 0.3) is 0 Å². The predicted octanol–water partition coefficient (Wildman–Crippen LogP) is 2.46. The second-order valence-electron chi connectivity index (χ2n) is 7.52. The number of hydrogen-bond donors (Lipinski definition) is 2. The molecule has 0 unspecified atom stereocenters. The zero-order valence-corrected chi connectivity index (χ0v) is 17.1. The summed E-state index contributed by atoms with van der Waals surface area (Å²) in [5.41, 5.74) is -0.921. The molecular formula is C18H24ClN3O6. The fourth-order valence-electron chi connectivity index (χ4n) is 2.20. The van der Waals surface area contributed by atoms with Gasteiger partial charge in [-0.3, -0.25) is 19.7 Å². The Labute approximate surface area is 167 Å². The molecule has 0 saturated heterocycles. The van der Waals surface area contributed by atoms with Gasteiger partial charge in [-0.25, -0.2) is 4.79 Å². The van der Waals surface area contributed by atoms with Crippen molar-refractivity contribution in [3.63, 3.8) is 0 Å². The number of benzene rings is 1. The van der Waals surface area contributed by atoms with Crippen molar-refractivity contribution in [2.45, 2.75) is 46.2 Å². The third-order valence-corrected chi connectivity index (χ3v) is 3.79. The number of carbonyl (C=O) groups excluding carboxylic acids is 3. The van der Waals surface area contributed by atoms with E-state index in [0.29, 0.717) is 0 Å². The molecule has 1 aromatic rings. The molecule has 0 aliphatic carbocycles. The van der Waals surface area contributed by atoms with Crippen molar-refractivity contribution in [3.05, 3.63) is 38.9 Å². The fourth-order valence-corrected chi connectivity index (χ4v) is 2.38. The molecule has 1 aromatic carbocycles. The first kappa shape index (κ1) is 23.4. The Balaban J connectivity index is 2.83. The molecule has 1 rings (SSSR count). The number of nitro benzene ring substituents is 1. The molecule has 0 aliphatic heterocycles. The summed E-state index contributed by atoms with van der Waals surface area (Å²) in [6.07, 6.45) is 0. The van der Waals surface area contributed by atoms with E-state index in [1.807, 2.05) is 0 Å². The number of hydrogen-bond acceptors (Lipinski definition) is 6. The summed E-state index contributed by atoms with van der Waals surface area (Å²) in [5, 5.41) is 16.0. The molecule has 0 fully saturated rings. The highest BCUT2D eigenvalue weighted by molar-refractivity contribution is 6.32. The van der Waals surface area contributed by atoms with Crippen molar-refractivity contribution in [1.82, 2.24) is 10.6 Å². The van der Waals surface area contributed by atoms with E-state index in [4.69, 9.17) is 16.3 Å². The maximum Gasteiger partial charge on any atom is 0.329 e. The molecule has 1 atom stereocenters. The summed E-state index contributed by atoms with van der Waals surface area (Å²) >= 11 is 5.73. The normalized spacial score (nSPS) is 12.2. The number of nitrogens with zero attached hydrogens (tertiary/aromatic N) is 1. The van der Waals surface area contributed by atoms with Gasteiger partial charge in [-0.05, 0) is 38.8 Å². The van der Waals surface area contributed by atoms with Crippen LogP contribution in [0.4, 0.5) is 5.69 Å². The van der Waals surface area contributed by atoms with Crippen LogP contribution in [0, 0.1) is 16.0 Å². The second-order valence-corrected chi connectivity index (χ2v) is 7.93. The quantitative estimate of drug-likeness (QED) is 0.401. The second kappa shape index (κ2) is 9.50. The third-order valence-electron chi connectivity index (χ3n) is 3.47. The largest absolute Gasteiger partial charge is 0.454 e. The first-order chi connectivity index (χ1) is 12.8. The van der Waals surface area contributed by atoms with E-state index < -0.39 is 46.6 Å². The number of nitro groups is 1. The summed E-state index contributed by atoms with van der Waals surface area (Å²) in [4.78, 5) is 46.8. The van der Waals surface area contributed by atoms with E-state index in [-0.39, 0.29) is 16.5 Å². The highest BCUT2D eigenvalue weighted by Gasteiger charge is 2.28. The molecule has 0 saturated carbocycles. The first-order valence-electron chi connectivity index (χ1n) is 8.54. The first-order valence-corrected chi connectivity index (χ1v) is 8.92. The van der Waals surface area contributed by atoms with E-state index in [1.54, 1.807) is 34.6 Å². The van der Waals surface area contributed by atoms with Crippen LogP contribution in [0.5, 0.6) is 0 Å². The van der Waals surface area contributed by atoms with E-state index in [0.717, 1.165) is 6.07 Å². The standard InChI is InChI=1S/C18H24ClN3O6/c1-10(2)15(17(25)28-9-14(23)21-18(3,4)5)20-16(24)11-6-7-12(19)13(8-11)22(26)27/h6-8,10,15H,9H2,1-5H3,(H,20,24)(H,21,23)/t15-/m0/s1. The van der Waals surface area contributed by atoms with Gasteiger partial charge in [0.25, 0.3) is 17.5 Å². The molecule has 0 aromatic heterocycles. The van der Waals surface area contributed by atoms with Crippen LogP contribution >= 0.6 is 11.6 Å². The van der Waals surface area contributed by atoms with Crippen LogP contribution in [-0.4, -0.2) is 40.9 Å². The fraction of sp³-hybridized carbons (Fsp3) is 0.500. The summed E-state index contributed by atoms with van der Waals surface area (Å²) in [6.45, 7) is 8.25. The van der Waals surface area contributed by atoms with Gasteiger partial charge < -0.3 is 15.4 Å². The third kappa shape index (κ3) is 7.15. The average Bonchev–Trinajstić information content (AvgIpc) is 2.55. The summed E-state index contributed by atoms with van der Waals surface area (Å²) < 4.78 is 5.00. The van der Waals surface area contributed by atoms with Gasteiger partial charge in [0, 0.05) is 17.2 Å². The van der Waals surface area contributed by atoms with Crippen LogP contribution in [0.1, 0.15) is 45.0 Å². The van der Waals surface area contributed by atoms with Gasteiger partial charge in [0.2, 0.25) is 0 Å². The predicted molar refractivity (Wildman–Crippen MR) is 103 cm³/mol. The van der Waals surface area contributed by atoms with Gasteiger partial charge >= 0.3 is 5.97 Å². The Morgan fingerprint density at radius 1 is 1.25 bits per heavy atom. The Kier molecular flexibility index (Phi) is 7.92. The van der Waals surface area contributed by atoms with Crippen molar-refractivity contribution < 1.29 is 24.0 Å². The van der Waals surface area contributed by atoms with Crippen molar-refractivity contribution in [2.24, 2.45) is 5.92 Å². The van der Waals surface area contributed by atoms with E-state index in [1.165, 1.54) is 12.1 Å². The number of amides is 2. The Morgan fingerprint density at radius 2 is 1.86 bits per heavy atom. The van der Waals surface area contributed by atoms with Gasteiger partial charge in [-0.1, -0.05) is 25.4 Å². The zero-order chi connectivity index (χ0) is 21.6. The molecule has 2 amide bonds. The topological polar surface area (TPSA) is 128 Å². The molecule has 9 nitrogen and oxygen atoms in total. The van der Waals surface area contributed by atoms with Crippen molar-refractivity contribution in [2.75, 3.05) is 6.61 Å². The van der Waals surface area contributed by atoms with Gasteiger partial charge in [-0.2, -0.15) is 0 Å². The van der Waals surface area contributed by atoms with Crippen molar-refractivity contribution in [3.8, 4) is 0 Å². The number of nitrogens with one attached hydrogen (secondary N) is 2. The molecule has 0 radical (unpaired) electrons. The minimum absolute atomic E-state index is 0.0278. The lowest BCUT2D eigenvalue weighted by Gasteiger charge is -2.23. The lowest BCUT2D eigenvalue weighted by molar-refractivity contribution is -0.384. The molecule has 2 N–H and O–H groups in total. The summed E-state index contributed by atoms with van der Waals surface area (Å²) in [6, 6.07) is 2.53. The van der Waals surface area contributed by atoms with E-state index in [2.05, 4.69) is 10.6 Å².